The van der Waals surface area contributed by atoms with Crippen molar-refractivity contribution < 1.29 is 0 Å². The third-order valence-corrected chi connectivity index (χ3v) is 2.28. The van der Waals surface area contributed by atoms with E-state index in [0.717, 1.165) is 4.88 Å². The number of hydrazine groups is 1. The van der Waals surface area contributed by atoms with Gasteiger partial charge in [0.15, 0.2) is 0 Å². The molecule has 0 aliphatic carbocycles. The van der Waals surface area contributed by atoms with Gasteiger partial charge in [0.2, 0.25) is 0 Å². The van der Waals surface area contributed by atoms with Crippen LogP contribution in [0.3, 0.4) is 0 Å². The van der Waals surface area contributed by atoms with Crippen molar-refractivity contribution in [3.05, 3.63) is 11.1 Å². The first-order chi connectivity index (χ1) is 5.25. The van der Waals surface area contributed by atoms with E-state index >= 15 is 0 Å². The molecule has 0 spiro atoms. The smallest absolute Gasteiger partial charge is 0.0669 e. The standard InChI is InChI=1S/C6H12N4S/c1-4(2)6(9-7)5-3-8-10-11-5/h3-4,6,9H,7H2,1-2H3. The van der Waals surface area contributed by atoms with Gasteiger partial charge in [-0.15, -0.1) is 5.10 Å². The summed E-state index contributed by atoms with van der Waals surface area (Å²) < 4.78 is 3.77. The van der Waals surface area contributed by atoms with Crippen LogP contribution in [0.15, 0.2) is 6.20 Å². The molecule has 3 N–H and O–H groups in total. The molecule has 11 heavy (non-hydrogen) atoms. The highest BCUT2D eigenvalue weighted by atomic mass is 32.1. The maximum atomic E-state index is 5.37. The van der Waals surface area contributed by atoms with Crippen molar-refractivity contribution >= 4 is 11.5 Å². The molecule has 1 unspecified atom stereocenters. The zero-order chi connectivity index (χ0) is 8.27. The van der Waals surface area contributed by atoms with E-state index in [1.165, 1.54) is 11.5 Å². The van der Waals surface area contributed by atoms with Crippen LogP contribution in [0.1, 0.15) is 24.8 Å². The van der Waals surface area contributed by atoms with Crippen molar-refractivity contribution in [2.75, 3.05) is 0 Å². The highest BCUT2D eigenvalue weighted by molar-refractivity contribution is 7.05. The molecule has 0 bridgehead atoms. The summed E-state index contributed by atoms with van der Waals surface area (Å²) in [5, 5.41) is 3.75. The highest BCUT2D eigenvalue weighted by Gasteiger charge is 2.15. The molecular weight excluding hydrogens is 160 g/mol. The van der Waals surface area contributed by atoms with E-state index in [2.05, 4.69) is 28.9 Å². The molecule has 0 saturated heterocycles. The Hall–Kier alpha value is -0.520. The summed E-state index contributed by atoms with van der Waals surface area (Å²) in [4.78, 5) is 1.09. The minimum Gasteiger partial charge on any atom is -0.271 e. The molecule has 0 amide bonds. The molecule has 1 aromatic rings. The minimum absolute atomic E-state index is 0.176. The molecule has 1 atom stereocenters. The summed E-state index contributed by atoms with van der Waals surface area (Å²) in [6.45, 7) is 4.20. The first-order valence-corrected chi connectivity index (χ1v) is 4.26. The van der Waals surface area contributed by atoms with Crippen molar-refractivity contribution in [3.63, 3.8) is 0 Å². The fourth-order valence-electron chi connectivity index (χ4n) is 0.915. The molecule has 5 heteroatoms. The van der Waals surface area contributed by atoms with Gasteiger partial charge in [-0.05, 0) is 17.5 Å². The zero-order valence-corrected chi connectivity index (χ0v) is 7.43. The number of hydrogen-bond donors (Lipinski definition) is 2. The number of nitrogens with two attached hydrogens (primary N) is 1. The monoisotopic (exact) mass is 172 g/mol. The van der Waals surface area contributed by atoms with E-state index in [4.69, 9.17) is 5.84 Å². The lowest BCUT2D eigenvalue weighted by Gasteiger charge is -2.16. The Balaban J connectivity index is 2.71. The average molecular weight is 172 g/mol. The van der Waals surface area contributed by atoms with E-state index in [1.807, 2.05) is 0 Å². The summed E-state index contributed by atoms with van der Waals surface area (Å²) in [7, 11) is 0. The van der Waals surface area contributed by atoms with Gasteiger partial charge in [-0.1, -0.05) is 18.3 Å². The molecule has 1 rings (SSSR count). The third-order valence-electron chi connectivity index (χ3n) is 1.53. The molecule has 62 valence electrons. The van der Waals surface area contributed by atoms with Gasteiger partial charge in [-0.25, -0.2) is 0 Å². The quantitative estimate of drug-likeness (QED) is 0.520. The first kappa shape index (κ1) is 8.58. The summed E-state index contributed by atoms with van der Waals surface area (Å²) in [5.41, 5.74) is 2.73. The number of nitrogens with one attached hydrogen (secondary N) is 1. The van der Waals surface area contributed by atoms with Crippen molar-refractivity contribution in [3.8, 4) is 0 Å². The topological polar surface area (TPSA) is 63.8 Å². The van der Waals surface area contributed by atoms with Crippen LogP contribution in [-0.2, 0) is 0 Å². The Kier molecular flexibility index (Phi) is 2.92. The van der Waals surface area contributed by atoms with Gasteiger partial charge in [0.05, 0.1) is 17.1 Å². The second-order valence-electron chi connectivity index (χ2n) is 2.71. The maximum absolute atomic E-state index is 5.37. The molecule has 0 aliphatic heterocycles. The second-order valence-corrected chi connectivity index (χ2v) is 3.53. The number of aromatic nitrogens is 2. The predicted octanol–water partition coefficient (Wildman–Crippen LogP) is 0.699. The summed E-state index contributed by atoms with van der Waals surface area (Å²) in [5.74, 6) is 5.83. The largest absolute Gasteiger partial charge is 0.271 e. The molecule has 1 aromatic heterocycles. The molecule has 0 fully saturated rings. The SMILES string of the molecule is CC(C)C(NN)c1cnns1. The van der Waals surface area contributed by atoms with Gasteiger partial charge in [0, 0.05) is 0 Å². The van der Waals surface area contributed by atoms with Crippen LogP contribution in [-0.4, -0.2) is 9.59 Å². The molecule has 0 aliphatic rings. The van der Waals surface area contributed by atoms with Gasteiger partial charge in [-0.2, -0.15) is 0 Å². The van der Waals surface area contributed by atoms with Crippen LogP contribution < -0.4 is 11.3 Å². The van der Waals surface area contributed by atoms with Crippen molar-refractivity contribution in [2.45, 2.75) is 19.9 Å². The third kappa shape index (κ3) is 1.95. The molecule has 4 nitrogen and oxygen atoms in total. The number of nitrogens with zero attached hydrogens (tertiary/aromatic N) is 2. The fourth-order valence-corrected chi connectivity index (χ4v) is 1.65. The summed E-state index contributed by atoms with van der Waals surface area (Å²) in [6.07, 6.45) is 1.75. The van der Waals surface area contributed by atoms with Crippen molar-refractivity contribution in [2.24, 2.45) is 11.8 Å². The van der Waals surface area contributed by atoms with Crippen LogP contribution in [0, 0.1) is 5.92 Å². The van der Waals surface area contributed by atoms with Gasteiger partial charge >= 0.3 is 0 Å². The Morgan fingerprint density at radius 2 is 2.36 bits per heavy atom. The lowest BCUT2D eigenvalue weighted by molar-refractivity contribution is 0.427. The van der Waals surface area contributed by atoms with Crippen molar-refractivity contribution in [1.29, 1.82) is 0 Å². The van der Waals surface area contributed by atoms with Gasteiger partial charge < -0.3 is 0 Å². The Labute approximate surface area is 69.9 Å². The van der Waals surface area contributed by atoms with E-state index in [9.17, 15) is 0 Å². The van der Waals surface area contributed by atoms with Crippen LogP contribution in [0.4, 0.5) is 0 Å². The predicted molar refractivity (Wildman–Crippen MR) is 44.8 cm³/mol. The van der Waals surface area contributed by atoms with Crippen LogP contribution in [0.2, 0.25) is 0 Å². The average Bonchev–Trinajstić information content (AvgIpc) is 2.40. The van der Waals surface area contributed by atoms with Crippen LogP contribution >= 0.6 is 11.5 Å². The molecule has 0 radical (unpaired) electrons. The Morgan fingerprint density at radius 1 is 1.64 bits per heavy atom. The number of rotatable bonds is 3. The van der Waals surface area contributed by atoms with E-state index in [1.54, 1.807) is 6.20 Å². The van der Waals surface area contributed by atoms with Crippen molar-refractivity contribution in [1.82, 2.24) is 15.0 Å². The summed E-state index contributed by atoms with van der Waals surface area (Å²) >= 11 is 1.38. The number of hydrogen-bond acceptors (Lipinski definition) is 5. The lowest BCUT2D eigenvalue weighted by Crippen LogP contribution is -2.30. The lowest BCUT2D eigenvalue weighted by atomic mass is 10.0. The van der Waals surface area contributed by atoms with E-state index in [0.29, 0.717) is 5.92 Å². The maximum Gasteiger partial charge on any atom is 0.0669 e. The summed E-state index contributed by atoms with van der Waals surface area (Å²) in [6, 6.07) is 0.176. The fraction of sp³-hybridized carbons (Fsp3) is 0.667. The molecule has 1 heterocycles. The minimum atomic E-state index is 0.176. The Morgan fingerprint density at radius 3 is 2.73 bits per heavy atom. The van der Waals surface area contributed by atoms with Gasteiger partial charge in [0.1, 0.15) is 0 Å². The highest BCUT2D eigenvalue weighted by Crippen LogP contribution is 2.21. The van der Waals surface area contributed by atoms with Crippen LogP contribution in [0.5, 0.6) is 0 Å². The molecule has 0 saturated carbocycles. The van der Waals surface area contributed by atoms with E-state index in [-0.39, 0.29) is 6.04 Å². The van der Waals surface area contributed by atoms with Gasteiger partial charge in [0.25, 0.3) is 0 Å². The molecular formula is C6H12N4S. The zero-order valence-electron chi connectivity index (χ0n) is 6.61. The second kappa shape index (κ2) is 3.75. The first-order valence-electron chi connectivity index (χ1n) is 3.49. The van der Waals surface area contributed by atoms with Gasteiger partial charge in [-0.3, -0.25) is 11.3 Å². The van der Waals surface area contributed by atoms with E-state index < -0.39 is 0 Å². The van der Waals surface area contributed by atoms with Crippen LogP contribution in [0.25, 0.3) is 0 Å². The normalized spacial score (nSPS) is 13.8. The molecule has 0 aromatic carbocycles. The Bertz CT molecular complexity index is 196.